The van der Waals surface area contributed by atoms with Crippen molar-refractivity contribution in [3.63, 3.8) is 0 Å². The molecule has 0 fully saturated rings. The minimum Gasteiger partial charge on any atom is -0.387 e. The van der Waals surface area contributed by atoms with Crippen molar-refractivity contribution in [2.45, 2.75) is 58.3 Å². The van der Waals surface area contributed by atoms with E-state index in [1.54, 1.807) is 0 Å². The summed E-state index contributed by atoms with van der Waals surface area (Å²) in [5, 5.41) is 0. The number of nitrogens with zero attached hydrogens (tertiary/aromatic N) is 1. The smallest absolute Gasteiger partial charge is 0.320 e. The zero-order chi connectivity index (χ0) is 14.6. The van der Waals surface area contributed by atoms with Gasteiger partial charge in [0.25, 0.3) is 0 Å². The maximum Gasteiger partial charge on any atom is 0.320 e. The molecule has 0 amide bonds. The van der Waals surface area contributed by atoms with Crippen LogP contribution in [0.3, 0.4) is 0 Å². The van der Waals surface area contributed by atoms with Crippen LogP contribution in [0.4, 0.5) is 0 Å². The van der Waals surface area contributed by atoms with Crippen LogP contribution in [0.5, 0.6) is 0 Å². The molecule has 0 unspecified atom stereocenters. The minimum atomic E-state index is -4.01. The molecular formula is C12H26N2O3S2. The highest BCUT2D eigenvalue weighted by atomic mass is 33.1. The first kappa shape index (κ1) is 18.7. The molecule has 7 heteroatoms. The number of hydrogen-bond donors (Lipinski definition) is 2. The van der Waals surface area contributed by atoms with Gasteiger partial charge in [-0.1, -0.05) is 51.9 Å². The highest BCUT2D eigenvalue weighted by Crippen LogP contribution is 2.09. The van der Waals surface area contributed by atoms with E-state index in [2.05, 4.69) is 11.9 Å². The third kappa shape index (κ3) is 15.7. The number of nitrogens with two attached hydrogens (primary N) is 1. The molecule has 0 aromatic rings. The van der Waals surface area contributed by atoms with E-state index < -0.39 is 9.15 Å². The van der Waals surface area contributed by atoms with Gasteiger partial charge in [0.1, 0.15) is 5.84 Å². The highest BCUT2D eigenvalue weighted by molar-refractivity contribution is 8.70. The van der Waals surface area contributed by atoms with Crippen LogP contribution < -0.4 is 5.73 Å². The Hall–Kier alpha value is -0.270. The maximum atomic E-state index is 10.5. The molecule has 0 aliphatic heterocycles. The molecule has 0 spiro atoms. The lowest BCUT2D eigenvalue weighted by atomic mass is 10.1. The molecule has 3 N–H and O–H groups in total. The van der Waals surface area contributed by atoms with Crippen molar-refractivity contribution in [3.05, 3.63) is 0 Å². The second-order valence-corrected chi connectivity index (χ2v) is 7.89. The summed E-state index contributed by atoms with van der Waals surface area (Å²) >= 11 is 0. The summed E-state index contributed by atoms with van der Waals surface area (Å²) in [4.78, 5) is 4.07. The molecule has 19 heavy (non-hydrogen) atoms. The molecule has 5 nitrogen and oxygen atoms in total. The van der Waals surface area contributed by atoms with E-state index in [4.69, 9.17) is 10.3 Å². The predicted octanol–water partition coefficient (Wildman–Crippen LogP) is 3.02. The fourth-order valence-corrected chi connectivity index (χ4v) is 2.82. The van der Waals surface area contributed by atoms with Crippen LogP contribution in [0.2, 0.25) is 0 Å². The van der Waals surface area contributed by atoms with Gasteiger partial charge < -0.3 is 5.73 Å². The Morgan fingerprint density at radius 3 is 2.16 bits per heavy atom. The lowest BCUT2D eigenvalue weighted by Gasteiger charge is -2.01. The van der Waals surface area contributed by atoms with Crippen molar-refractivity contribution in [1.29, 1.82) is 0 Å². The third-order valence-corrected chi connectivity index (χ3v) is 4.64. The van der Waals surface area contributed by atoms with E-state index in [-0.39, 0.29) is 11.6 Å². The van der Waals surface area contributed by atoms with Crippen LogP contribution in [-0.2, 0) is 9.15 Å². The Morgan fingerprint density at radius 1 is 1.11 bits per heavy atom. The number of rotatable bonds is 12. The first-order chi connectivity index (χ1) is 8.95. The molecule has 0 saturated carbocycles. The molecule has 0 aromatic carbocycles. The number of unbranched alkanes of at least 4 members (excludes halogenated alkanes) is 7. The molecule has 0 aromatic heterocycles. The van der Waals surface area contributed by atoms with Gasteiger partial charge in [0.2, 0.25) is 0 Å². The van der Waals surface area contributed by atoms with Gasteiger partial charge in [0, 0.05) is 17.3 Å². The summed E-state index contributed by atoms with van der Waals surface area (Å²) in [6.07, 6.45) is 9.84. The average Bonchev–Trinajstić information content (AvgIpc) is 2.33. The first-order valence-electron chi connectivity index (χ1n) is 6.86. The molecule has 0 rings (SSSR count). The summed E-state index contributed by atoms with van der Waals surface area (Å²) in [6, 6.07) is 0. The number of hydrogen-bond acceptors (Lipinski definition) is 4. The fourth-order valence-electron chi connectivity index (χ4n) is 1.65. The fraction of sp³-hybridized carbons (Fsp3) is 0.917. The van der Waals surface area contributed by atoms with Gasteiger partial charge in [-0.3, -0.25) is 9.55 Å². The van der Waals surface area contributed by atoms with Gasteiger partial charge in [0.05, 0.1) is 5.75 Å². The minimum absolute atomic E-state index is 0.0237. The SMILES string of the molecule is CCCCCCCCCCN=C(N)CSS(=O)(=O)O. The van der Waals surface area contributed by atoms with Crippen molar-refractivity contribution in [2.24, 2.45) is 10.7 Å². The van der Waals surface area contributed by atoms with Crippen molar-refractivity contribution in [1.82, 2.24) is 0 Å². The average molecular weight is 310 g/mol. The Kier molecular flexibility index (Phi) is 11.4. The Bertz CT molecular complexity index is 343. The second kappa shape index (κ2) is 11.5. The molecule has 0 radical (unpaired) electrons. The van der Waals surface area contributed by atoms with Crippen molar-refractivity contribution in [2.75, 3.05) is 12.3 Å². The summed E-state index contributed by atoms with van der Waals surface area (Å²) in [5.74, 6) is 0.293. The zero-order valence-corrected chi connectivity index (χ0v) is 13.3. The maximum absolute atomic E-state index is 10.5. The molecule has 0 aliphatic carbocycles. The predicted molar refractivity (Wildman–Crippen MR) is 83.1 cm³/mol. The van der Waals surface area contributed by atoms with Crippen LogP contribution in [0.15, 0.2) is 4.99 Å². The summed E-state index contributed by atoms with van der Waals surface area (Å²) in [6.45, 7) is 2.84. The van der Waals surface area contributed by atoms with Gasteiger partial charge in [-0.15, -0.1) is 0 Å². The quantitative estimate of drug-likeness (QED) is 0.190. The normalized spacial score (nSPS) is 12.8. The Labute approximate surface area is 120 Å². The van der Waals surface area contributed by atoms with E-state index in [9.17, 15) is 8.42 Å². The van der Waals surface area contributed by atoms with Crippen LogP contribution >= 0.6 is 10.8 Å². The van der Waals surface area contributed by atoms with E-state index in [0.717, 1.165) is 12.8 Å². The van der Waals surface area contributed by atoms with Gasteiger partial charge in [-0.25, -0.2) is 0 Å². The molecule has 0 atom stereocenters. The standard InChI is InChI=1S/C12H26N2O3S2/c1-2-3-4-5-6-7-8-9-10-14-12(13)11-18-19(15,16)17/h2-11H2,1H3,(H2,13,14)(H,15,16,17). The van der Waals surface area contributed by atoms with E-state index in [0.29, 0.717) is 17.3 Å². The summed E-state index contributed by atoms with van der Waals surface area (Å²) in [7, 11) is -3.62. The summed E-state index contributed by atoms with van der Waals surface area (Å²) < 4.78 is 29.5. The van der Waals surface area contributed by atoms with Crippen molar-refractivity contribution >= 4 is 25.8 Å². The monoisotopic (exact) mass is 310 g/mol. The van der Waals surface area contributed by atoms with Crippen molar-refractivity contribution < 1.29 is 13.0 Å². The topological polar surface area (TPSA) is 92.8 Å². The molecule has 114 valence electrons. The largest absolute Gasteiger partial charge is 0.387 e. The van der Waals surface area contributed by atoms with Gasteiger partial charge in [-0.2, -0.15) is 8.42 Å². The number of aliphatic imine (C=N–C) groups is 1. The third-order valence-electron chi connectivity index (χ3n) is 2.68. The first-order valence-corrected chi connectivity index (χ1v) is 9.80. The van der Waals surface area contributed by atoms with Gasteiger partial charge in [-0.05, 0) is 6.42 Å². The molecular weight excluding hydrogens is 284 g/mol. The Morgan fingerprint density at radius 2 is 1.63 bits per heavy atom. The van der Waals surface area contributed by atoms with E-state index in [1.807, 2.05) is 0 Å². The second-order valence-electron chi connectivity index (χ2n) is 4.54. The molecule has 0 heterocycles. The highest BCUT2D eigenvalue weighted by Gasteiger charge is 2.05. The Balaban J connectivity index is 3.41. The lowest BCUT2D eigenvalue weighted by Crippen LogP contribution is -2.16. The summed E-state index contributed by atoms with van der Waals surface area (Å²) in [5.41, 5.74) is 5.53. The molecule has 0 saturated heterocycles. The lowest BCUT2D eigenvalue weighted by molar-refractivity contribution is 0.503. The molecule has 0 bridgehead atoms. The van der Waals surface area contributed by atoms with Gasteiger partial charge >= 0.3 is 9.15 Å². The van der Waals surface area contributed by atoms with E-state index in [1.165, 1.54) is 38.5 Å². The van der Waals surface area contributed by atoms with E-state index >= 15 is 0 Å². The van der Waals surface area contributed by atoms with Crippen LogP contribution in [0.1, 0.15) is 58.3 Å². The van der Waals surface area contributed by atoms with Crippen LogP contribution in [0, 0.1) is 0 Å². The zero-order valence-electron chi connectivity index (χ0n) is 11.7. The molecule has 0 aliphatic rings. The number of amidine groups is 1. The van der Waals surface area contributed by atoms with Gasteiger partial charge in [0.15, 0.2) is 0 Å². The van der Waals surface area contributed by atoms with Crippen LogP contribution in [0.25, 0.3) is 0 Å². The van der Waals surface area contributed by atoms with Crippen LogP contribution in [-0.4, -0.2) is 31.1 Å². The van der Waals surface area contributed by atoms with Crippen molar-refractivity contribution in [3.8, 4) is 0 Å².